The van der Waals surface area contributed by atoms with Crippen LogP contribution in [0.15, 0.2) is 47.2 Å². The number of nitrogens with two attached hydrogens (primary N) is 1. The monoisotopic (exact) mass is 280 g/mol. The summed E-state index contributed by atoms with van der Waals surface area (Å²) in [6, 6.07) is 8.86. The van der Waals surface area contributed by atoms with Gasteiger partial charge in [0, 0.05) is 0 Å². The van der Waals surface area contributed by atoms with Gasteiger partial charge in [0.25, 0.3) is 0 Å². The van der Waals surface area contributed by atoms with Crippen molar-refractivity contribution in [2.24, 2.45) is 10.8 Å². The molecule has 0 bridgehead atoms. The van der Waals surface area contributed by atoms with Gasteiger partial charge in [0.15, 0.2) is 5.11 Å². The minimum absolute atomic E-state index is 0.0962. The number of allylic oxidation sites excluding steroid dienone is 1. The molecule has 0 saturated carbocycles. The topological polar surface area (TPSA) is 118 Å². The van der Waals surface area contributed by atoms with Gasteiger partial charge >= 0.3 is 5.70 Å². The van der Waals surface area contributed by atoms with Crippen LogP contribution in [0.4, 0.5) is 5.69 Å². The first-order valence-electron chi connectivity index (χ1n) is 5.09. The van der Waals surface area contributed by atoms with Crippen molar-refractivity contribution in [3.05, 3.63) is 52.3 Å². The molecule has 1 aromatic rings. The second-order valence-corrected chi connectivity index (χ2v) is 3.57. The number of hydrogen-bond acceptors (Lipinski definition) is 6. The van der Waals surface area contributed by atoms with Gasteiger partial charge in [-0.25, -0.2) is 10.8 Å². The third-order valence-corrected chi connectivity index (χ3v) is 2.07. The van der Waals surface area contributed by atoms with Crippen LogP contribution in [0.1, 0.15) is 0 Å². The Morgan fingerprint density at radius 2 is 2.11 bits per heavy atom. The summed E-state index contributed by atoms with van der Waals surface area (Å²) in [4.78, 5) is 14.2. The molecule has 0 fully saturated rings. The van der Waals surface area contributed by atoms with E-state index in [4.69, 9.17) is 5.84 Å². The Hall–Kier alpha value is -2.52. The molecule has 0 aromatic heterocycles. The quantitative estimate of drug-likeness (QED) is 0.202. The first-order valence-corrected chi connectivity index (χ1v) is 5.50. The number of aliphatic imine (C=N–C) groups is 1. The maximum atomic E-state index is 10.8. The highest BCUT2D eigenvalue weighted by atomic mass is 32.1. The number of hydrazine groups is 2. The van der Waals surface area contributed by atoms with Gasteiger partial charge in [-0.2, -0.15) is 0 Å². The van der Waals surface area contributed by atoms with Gasteiger partial charge in [-0.15, -0.1) is 0 Å². The fourth-order valence-electron chi connectivity index (χ4n) is 1.00. The van der Waals surface area contributed by atoms with E-state index >= 15 is 0 Å². The number of rotatable bonds is 5. The van der Waals surface area contributed by atoms with Crippen LogP contribution < -0.4 is 22.1 Å². The molecule has 0 aliphatic carbocycles. The Labute approximate surface area is 114 Å². The van der Waals surface area contributed by atoms with E-state index in [2.05, 4.69) is 33.5 Å². The van der Waals surface area contributed by atoms with Crippen LogP contribution in [0, 0.1) is 10.1 Å². The third kappa shape index (κ3) is 5.57. The predicted octanol–water partition coefficient (Wildman–Crippen LogP) is 0.349. The van der Waals surface area contributed by atoms with Gasteiger partial charge in [-0.05, 0) is 24.4 Å². The number of hydrogen-bond donors (Lipinski definition) is 4. The van der Waals surface area contributed by atoms with E-state index in [0.717, 1.165) is 12.4 Å². The van der Waals surface area contributed by atoms with Crippen molar-refractivity contribution in [1.29, 1.82) is 0 Å². The van der Waals surface area contributed by atoms with Gasteiger partial charge in [0.2, 0.25) is 0 Å². The lowest BCUT2D eigenvalue weighted by Gasteiger charge is -2.04. The minimum Gasteiger partial charge on any atom is -0.300 e. The second kappa shape index (κ2) is 7.74. The molecule has 9 heteroatoms. The zero-order valence-corrected chi connectivity index (χ0v) is 10.6. The molecule has 0 radical (unpaired) electrons. The number of thiocarbonyl (C=S) groups is 1. The van der Waals surface area contributed by atoms with Gasteiger partial charge in [-0.3, -0.25) is 26.4 Å². The molecule has 5 N–H and O–H groups in total. The van der Waals surface area contributed by atoms with Crippen molar-refractivity contribution in [2.75, 3.05) is 0 Å². The lowest BCUT2D eigenvalue weighted by atomic mass is 10.3. The summed E-state index contributed by atoms with van der Waals surface area (Å²) in [5.41, 5.74) is 7.37. The lowest BCUT2D eigenvalue weighted by Crippen LogP contribution is -2.44. The molecule has 0 atom stereocenters. The zero-order valence-electron chi connectivity index (χ0n) is 9.74. The van der Waals surface area contributed by atoms with Gasteiger partial charge in [0.1, 0.15) is 6.21 Å². The minimum atomic E-state index is -0.583. The average molecular weight is 280 g/mol. The molecule has 1 aromatic carbocycles. The van der Waals surface area contributed by atoms with E-state index in [1.807, 2.05) is 6.07 Å². The van der Waals surface area contributed by atoms with Crippen molar-refractivity contribution >= 4 is 29.2 Å². The van der Waals surface area contributed by atoms with Crippen LogP contribution in [0.2, 0.25) is 0 Å². The molecular formula is C10H12N6O2S. The van der Waals surface area contributed by atoms with Crippen molar-refractivity contribution in [3.8, 4) is 0 Å². The molecule has 19 heavy (non-hydrogen) atoms. The Bertz CT molecular complexity index is 502. The summed E-state index contributed by atoms with van der Waals surface area (Å²) in [6.07, 6.45) is 2.24. The molecule has 0 saturated heterocycles. The molecule has 100 valence electrons. The molecule has 0 spiro atoms. The number of para-hydroxylation sites is 1. The van der Waals surface area contributed by atoms with E-state index in [1.165, 1.54) is 0 Å². The van der Waals surface area contributed by atoms with Gasteiger partial charge in [-0.1, -0.05) is 18.2 Å². The SMILES string of the molecule is NNC(=S)NN/C=C(\C=Nc1ccccc1)[N+](=O)[O-]. The largest absolute Gasteiger partial charge is 0.304 e. The summed E-state index contributed by atoms with van der Waals surface area (Å²) >= 11 is 4.67. The van der Waals surface area contributed by atoms with Crippen LogP contribution >= 0.6 is 12.2 Å². The number of nitro groups is 1. The Kier molecular flexibility index (Phi) is 5.92. The summed E-state index contributed by atoms with van der Waals surface area (Å²) in [5.74, 6) is 5.01. The highest BCUT2D eigenvalue weighted by molar-refractivity contribution is 7.80. The predicted molar refractivity (Wildman–Crippen MR) is 75.9 cm³/mol. The van der Waals surface area contributed by atoms with Crippen LogP contribution in [-0.2, 0) is 0 Å². The summed E-state index contributed by atoms with van der Waals surface area (Å²) in [6.45, 7) is 0. The standard InChI is InChI=1S/C10H12N6O2S/c11-14-10(19)15-13-7-9(16(17)18)6-12-8-4-2-1-3-5-8/h1-7,13H,11H2,(H2,14,15,19)/b9-7+,12-6?. The molecule has 8 nitrogen and oxygen atoms in total. The van der Waals surface area contributed by atoms with Crippen molar-refractivity contribution in [2.45, 2.75) is 0 Å². The first-order chi connectivity index (χ1) is 9.13. The third-order valence-electron chi connectivity index (χ3n) is 1.85. The summed E-state index contributed by atoms with van der Waals surface area (Å²) in [5, 5.41) is 10.9. The molecule has 1 rings (SSSR count). The highest BCUT2D eigenvalue weighted by Crippen LogP contribution is 2.09. The van der Waals surface area contributed by atoms with Crippen molar-refractivity contribution in [3.63, 3.8) is 0 Å². The summed E-state index contributed by atoms with van der Waals surface area (Å²) in [7, 11) is 0. The fourth-order valence-corrected chi connectivity index (χ4v) is 1.06. The molecule has 0 unspecified atom stereocenters. The van der Waals surface area contributed by atoms with E-state index in [9.17, 15) is 10.1 Å². The van der Waals surface area contributed by atoms with Crippen LogP contribution in [-0.4, -0.2) is 16.3 Å². The summed E-state index contributed by atoms with van der Waals surface area (Å²) < 4.78 is 0. The molecule has 0 amide bonds. The Morgan fingerprint density at radius 3 is 2.68 bits per heavy atom. The average Bonchev–Trinajstić information content (AvgIpc) is 2.43. The maximum Gasteiger partial charge on any atom is 0.304 e. The van der Waals surface area contributed by atoms with Crippen LogP contribution in [0.25, 0.3) is 0 Å². The maximum absolute atomic E-state index is 10.8. The number of nitrogens with one attached hydrogen (secondary N) is 3. The number of benzene rings is 1. The first kappa shape index (κ1) is 14.5. The zero-order chi connectivity index (χ0) is 14.1. The Morgan fingerprint density at radius 1 is 1.42 bits per heavy atom. The molecule has 0 aliphatic heterocycles. The molecular weight excluding hydrogens is 268 g/mol. The van der Waals surface area contributed by atoms with Crippen LogP contribution in [0.5, 0.6) is 0 Å². The highest BCUT2D eigenvalue weighted by Gasteiger charge is 2.06. The fraction of sp³-hybridized carbons (Fsp3) is 0. The van der Waals surface area contributed by atoms with E-state index in [-0.39, 0.29) is 10.8 Å². The van der Waals surface area contributed by atoms with Gasteiger partial charge < -0.3 is 0 Å². The van der Waals surface area contributed by atoms with Crippen molar-refractivity contribution in [1.82, 2.24) is 16.3 Å². The van der Waals surface area contributed by atoms with Gasteiger partial charge in [0.05, 0.1) is 16.8 Å². The smallest absolute Gasteiger partial charge is 0.300 e. The van der Waals surface area contributed by atoms with E-state index in [1.54, 1.807) is 24.3 Å². The molecule has 0 heterocycles. The normalized spacial score (nSPS) is 11.1. The van der Waals surface area contributed by atoms with E-state index in [0.29, 0.717) is 5.69 Å². The van der Waals surface area contributed by atoms with Crippen LogP contribution in [0.3, 0.4) is 0 Å². The lowest BCUT2D eigenvalue weighted by molar-refractivity contribution is -0.414. The van der Waals surface area contributed by atoms with Crippen molar-refractivity contribution < 1.29 is 4.92 Å². The Balaban J connectivity index is 2.68. The van der Waals surface area contributed by atoms with E-state index < -0.39 is 4.92 Å². The number of nitrogens with zero attached hydrogens (tertiary/aromatic N) is 2. The molecule has 0 aliphatic rings. The second-order valence-electron chi connectivity index (χ2n) is 3.16.